The van der Waals surface area contributed by atoms with E-state index in [1.807, 2.05) is 0 Å². The Labute approximate surface area is 110 Å². The molecule has 1 aromatic rings. The second-order valence-electron chi connectivity index (χ2n) is 3.85. The Balaban J connectivity index is 2.52. The zero-order chi connectivity index (χ0) is 13.5. The Bertz CT molecular complexity index is 437. The quantitative estimate of drug-likeness (QED) is 0.719. The molecule has 1 atom stereocenters. The molecule has 18 heavy (non-hydrogen) atoms. The minimum Gasteiger partial charge on any atom is -0.396 e. The largest absolute Gasteiger partial charge is 0.396 e. The Morgan fingerprint density at radius 1 is 1.39 bits per heavy atom. The van der Waals surface area contributed by atoms with Crippen LogP contribution >= 0.6 is 11.6 Å². The van der Waals surface area contributed by atoms with E-state index < -0.39 is 11.8 Å². The summed E-state index contributed by atoms with van der Waals surface area (Å²) in [6.07, 6.45) is 0.399. The van der Waals surface area contributed by atoms with Gasteiger partial charge in [0.05, 0.1) is 0 Å². The normalized spacial score (nSPS) is 11.7. The van der Waals surface area contributed by atoms with Crippen molar-refractivity contribution in [2.75, 3.05) is 11.9 Å². The van der Waals surface area contributed by atoms with Gasteiger partial charge in [0.25, 0.3) is 0 Å². The van der Waals surface area contributed by atoms with Crippen LogP contribution in [0.5, 0.6) is 0 Å². The summed E-state index contributed by atoms with van der Waals surface area (Å²) >= 11 is 5.75. The molecule has 0 fully saturated rings. The predicted molar refractivity (Wildman–Crippen MR) is 69.4 cm³/mol. The maximum atomic E-state index is 11.5. The third kappa shape index (κ3) is 4.73. The van der Waals surface area contributed by atoms with Gasteiger partial charge in [-0.1, -0.05) is 17.7 Å². The van der Waals surface area contributed by atoms with Crippen LogP contribution in [0.2, 0.25) is 5.02 Å². The molecule has 0 saturated heterocycles. The molecule has 0 aliphatic heterocycles. The Kier molecular flexibility index (Phi) is 5.61. The highest BCUT2D eigenvalue weighted by molar-refractivity contribution is 6.39. The van der Waals surface area contributed by atoms with E-state index in [4.69, 9.17) is 16.7 Å². The summed E-state index contributed by atoms with van der Waals surface area (Å²) in [7, 11) is 0. The Morgan fingerprint density at radius 3 is 2.72 bits per heavy atom. The molecule has 3 N–H and O–H groups in total. The van der Waals surface area contributed by atoms with Gasteiger partial charge >= 0.3 is 11.8 Å². The highest BCUT2D eigenvalue weighted by Gasteiger charge is 2.15. The molecule has 0 heterocycles. The maximum Gasteiger partial charge on any atom is 0.313 e. The summed E-state index contributed by atoms with van der Waals surface area (Å²) in [5, 5.41) is 14.1. The summed E-state index contributed by atoms with van der Waals surface area (Å²) < 4.78 is 0. The van der Waals surface area contributed by atoms with Crippen LogP contribution in [0.15, 0.2) is 24.3 Å². The number of hydrogen-bond donors (Lipinski definition) is 3. The average molecular weight is 271 g/mol. The molecule has 5 nitrogen and oxygen atoms in total. The molecule has 98 valence electrons. The highest BCUT2D eigenvalue weighted by Crippen LogP contribution is 2.14. The van der Waals surface area contributed by atoms with Gasteiger partial charge in [-0.15, -0.1) is 0 Å². The SMILES string of the molecule is C[C@H](CCO)NC(=O)C(=O)Nc1cccc(Cl)c1. The van der Waals surface area contributed by atoms with Crippen molar-refractivity contribution in [2.45, 2.75) is 19.4 Å². The fourth-order valence-corrected chi connectivity index (χ4v) is 1.50. The van der Waals surface area contributed by atoms with Crippen molar-refractivity contribution in [3.63, 3.8) is 0 Å². The smallest absolute Gasteiger partial charge is 0.313 e. The number of benzene rings is 1. The van der Waals surface area contributed by atoms with E-state index in [-0.39, 0.29) is 12.6 Å². The second-order valence-corrected chi connectivity index (χ2v) is 4.29. The summed E-state index contributed by atoms with van der Waals surface area (Å²) in [4.78, 5) is 23.0. The standard InChI is InChI=1S/C12H15ClN2O3/c1-8(5-6-16)14-11(17)12(18)15-10-4-2-3-9(13)7-10/h2-4,7-8,16H,5-6H2,1H3,(H,14,17)(H,15,18)/t8-/m1/s1. The van der Waals surface area contributed by atoms with Crippen molar-refractivity contribution in [3.8, 4) is 0 Å². The van der Waals surface area contributed by atoms with Gasteiger partial charge in [-0.2, -0.15) is 0 Å². The monoisotopic (exact) mass is 270 g/mol. The van der Waals surface area contributed by atoms with E-state index in [1.54, 1.807) is 31.2 Å². The van der Waals surface area contributed by atoms with Gasteiger partial charge in [0.2, 0.25) is 0 Å². The van der Waals surface area contributed by atoms with Crippen molar-refractivity contribution in [1.82, 2.24) is 5.32 Å². The van der Waals surface area contributed by atoms with E-state index in [0.29, 0.717) is 17.1 Å². The number of amides is 2. The van der Waals surface area contributed by atoms with E-state index in [0.717, 1.165) is 0 Å². The predicted octanol–water partition coefficient (Wildman–Crippen LogP) is 1.17. The minimum absolute atomic E-state index is 0.0443. The molecule has 0 unspecified atom stereocenters. The molecular weight excluding hydrogens is 256 g/mol. The number of anilines is 1. The summed E-state index contributed by atoms with van der Waals surface area (Å²) in [5.74, 6) is -1.50. The molecule has 0 aliphatic rings. The molecular formula is C12H15ClN2O3. The van der Waals surface area contributed by atoms with Crippen LogP contribution in [0.25, 0.3) is 0 Å². The van der Waals surface area contributed by atoms with Crippen LogP contribution in [-0.2, 0) is 9.59 Å². The van der Waals surface area contributed by atoms with Crippen LogP contribution in [0.3, 0.4) is 0 Å². The number of hydrogen-bond acceptors (Lipinski definition) is 3. The lowest BCUT2D eigenvalue weighted by molar-refractivity contribution is -0.136. The second kappa shape index (κ2) is 6.98. The van der Waals surface area contributed by atoms with Crippen molar-refractivity contribution >= 4 is 29.1 Å². The third-order valence-electron chi connectivity index (χ3n) is 2.23. The van der Waals surface area contributed by atoms with Gasteiger partial charge in [-0.3, -0.25) is 9.59 Å². The van der Waals surface area contributed by atoms with E-state index in [2.05, 4.69) is 10.6 Å². The zero-order valence-corrected chi connectivity index (χ0v) is 10.7. The molecule has 0 aromatic heterocycles. The Morgan fingerprint density at radius 2 is 2.11 bits per heavy atom. The highest BCUT2D eigenvalue weighted by atomic mass is 35.5. The van der Waals surface area contributed by atoms with Crippen molar-refractivity contribution in [3.05, 3.63) is 29.3 Å². The van der Waals surface area contributed by atoms with E-state index in [9.17, 15) is 9.59 Å². The Hall–Kier alpha value is -1.59. The molecule has 1 aromatic carbocycles. The lowest BCUT2D eigenvalue weighted by Gasteiger charge is -2.12. The number of carbonyl (C=O) groups excluding carboxylic acids is 2. The molecule has 0 aliphatic carbocycles. The van der Waals surface area contributed by atoms with Gasteiger partial charge in [0.15, 0.2) is 0 Å². The first-order chi connectivity index (χ1) is 8.52. The molecule has 0 spiro atoms. The maximum absolute atomic E-state index is 11.5. The van der Waals surface area contributed by atoms with E-state index in [1.165, 1.54) is 0 Å². The number of halogens is 1. The van der Waals surface area contributed by atoms with Crippen LogP contribution in [0, 0.1) is 0 Å². The van der Waals surface area contributed by atoms with Gasteiger partial charge in [-0.25, -0.2) is 0 Å². The number of aliphatic hydroxyl groups is 1. The fraction of sp³-hybridized carbons (Fsp3) is 0.333. The van der Waals surface area contributed by atoms with Gasteiger partial charge in [0, 0.05) is 23.4 Å². The molecule has 0 bridgehead atoms. The number of nitrogens with one attached hydrogen (secondary N) is 2. The van der Waals surface area contributed by atoms with Crippen LogP contribution in [0.4, 0.5) is 5.69 Å². The summed E-state index contributed by atoms with van der Waals surface area (Å²) in [5.41, 5.74) is 0.456. The lowest BCUT2D eigenvalue weighted by atomic mass is 10.2. The fourth-order valence-electron chi connectivity index (χ4n) is 1.31. The van der Waals surface area contributed by atoms with E-state index >= 15 is 0 Å². The number of rotatable bonds is 4. The van der Waals surface area contributed by atoms with Gasteiger partial charge in [0.1, 0.15) is 0 Å². The zero-order valence-electron chi connectivity index (χ0n) is 9.94. The molecule has 1 rings (SSSR count). The first kappa shape index (κ1) is 14.5. The molecule has 0 saturated carbocycles. The van der Waals surface area contributed by atoms with Crippen molar-refractivity contribution in [2.24, 2.45) is 0 Å². The minimum atomic E-state index is -0.762. The first-order valence-corrected chi connectivity index (χ1v) is 5.89. The van der Waals surface area contributed by atoms with Crippen LogP contribution < -0.4 is 10.6 Å². The van der Waals surface area contributed by atoms with Gasteiger partial charge < -0.3 is 15.7 Å². The summed E-state index contributed by atoms with van der Waals surface area (Å²) in [6.45, 7) is 1.66. The summed E-state index contributed by atoms with van der Waals surface area (Å²) in [6, 6.07) is 6.26. The first-order valence-electron chi connectivity index (χ1n) is 5.51. The topological polar surface area (TPSA) is 78.4 Å². The van der Waals surface area contributed by atoms with Crippen LogP contribution in [0.1, 0.15) is 13.3 Å². The third-order valence-corrected chi connectivity index (χ3v) is 2.46. The van der Waals surface area contributed by atoms with Crippen molar-refractivity contribution in [1.29, 1.82) is 0 Å². The van der Waals surface area contributed by atoms with Gasteiger partial charge in [-0.05, 0) is 31.5 Å². The number of carbonyl (C=O) groups is 2. The number of aliphatic hydroxyl groups excluding tert-OH is 1. The average Bonchev–Trinajstić information content (AvgIpc) is 2.29. The van der Waals surface area contributed by atoms with Crippen molar-refractivity contribution < 1.29 is 14.7 Å². The lowest BCUT2D eigenvalue weighted by Crippen LogP contribution is -2.40. The molecule has 0 radical (unpaired) electrons. The molecule has 2 amide bonds. The van der Waals surface area contributed by atoms with Crippen LogP contribution in [-0.4, -0.2) is 29.6 Å². The molecule has 6 heteroatoms.